The molecule has 0 atom stereocenters. The van der Waals surface area contributed by atoms with Crippen LogP contribution >= 0.6 is 0 Å². The highest BCUT2D eigenvalue weighted by atomic mass is 16.5. The lowest BCUT2D eigenvalue weighted by molar-refractivity contribution is 0.0693. The fourth-order valence-corrected chi connectivity index (χ4v) is 1.52. The molecule has 0 saturated heterocycles. The van der Waals surface area contributed by atoms with Crippen LogP contribution in [0.2, 0.25) is 0 Å². The Bertz CT molecular complexity index is 617. The minimum absolute atomic E-state index is 0.0180. The maximum atomic E-state index is 11.2. The van der Waals surface area contributed by atoms with Crippen molar-refractivity contribution in [1.29, 1.82) is 0 Å². The third-order valence-electron chi connectivity index (χ3n) is 2.30. The molecule has 1 aromatic carbocycles. The Morgan fingerprint density at radius 1 is 1.41 bits per heavy atom. The summed E-state index contributed by atoms with van der Waals surface area (Å²) in [6.07, 6.45) is 0. The van der Waals surface area contributed by atoms with Gasteiger partial charge in [-0.25, -0.2) is 4.79 Å². The first kappa shape index (κ1) is 11.1. The maximum Gasteiger partial charge on any atom is 0.339 e. The van der Waals surface area contributed by atoms with Gasteiger partial charge in [-0.2, -0.15) is 4.68 Å². The van der Waals surface area contributed by atoms with E-state index in [1.807, 2.05) is 0 Å². The van der Waals surface area contributed by atoms with E-state index in [9.17, 15) is 9.59 Å². The van der Waals surface area contributed by atoms with Crippen LogP contribution in [-0.4, -0.2) is 39.1 Å². The van der Waals surface area contributed by atoms with Crippen molar-refractivity contribution in [2.24, 2.45) is 0 Å². The van der Waals surface area contributed by atoms with Crippen molar-refractivity contribution in [2.75, 3.05) is 7.11 Å². The van der Waals surface area contributed by atoms with Gasteiger partial charge in [0.15, 0.2) is 0 Å². The monoisotopic (exact) mass is 235 g/mol. The van der Waals surface area contributed by atoms with E-state index in [2.05, 4.69) is 10.3 Å². The van der Waals surface area contributed by atoms with Gasteiger partial charge in [0.2, 0.25) is 5.91 Å². The number of fused-ring (bicyclic) bond motifs is 1. The molecule has 0 saturated carbocycles. The largest absolute Gasteiger partial charge is 0.496 e. The van der Waals surface area contributed by atoms with Crippen molar-refractivity contribution in [1.82, 2.24) is 15.0 Å². The van der Waals surface area contributed by atoms with Crippen LogP contribution in [0.5, 0.6) is 5.75 Å². The number of hydrogen-bond donors (Lipinski definition) is 1. The number of carboxylic acid groups (broad SMARTS) is 1. The number of nitrogens with zero attached hydrogens (tertiary/aromatic N) is 3. The molecule has 7 nitrogen and oxygen atoms in total. The predicted octanol–water partition coefficient (Wildman–Crippen LogP) is 0.798. The number of rotatable bonds is 2. The molecule has 0 bridgehead atoms. The zero-order valence-electron chi connectivity index (χ0n) is 9.17. The molecule has 2 rings (SSSR count). The SMILES string of the molecule is COc1cc2c(cc1C(=O)O)nnn2C(C)=O. The molecule has 7 heteroatoms. The van der Waals surface area contributed by atoms with Gasteiger partial charge in [-0.1, -0.05) is 5.21 Å². The molecule has 0 aliphatic carbocycles. The zero-order valence-corrected chi connectivity index (χ0v) is 9.17. The molecule has 88 valence electrons. The number of ether oxygens (including phenoxy) is 1. The topological polar surface area (TPSA) is 94.3 Å². The molecule has 1 heterocycles. The summed E-state index contributed by atoms with van der Waals surface area (Å²) >= 11 is 0. The molecule has 0 unspecified atom stereocenters. The Hall–Kier alpha value is -2.44. The van der Waals surface area contributed by atoms with E-state index in [0.717, 1.165) is 4.68 Å². The summed E-state index contributed by atoms with van der Waals surface area (Å²) in [5.74, 6) is -1.27. The summed E-state index contributed by atoms with van der Waals surface area (Å²) < 4.78 is 6.04. The lowest BCUT2D eigenvalue weighted by Gasteiger charge is -2.04. The van der Waals surface area contributed by atoms with Crippen molar-refractivity contribution in [2.45, 2.75) is 6.92 Å². The maximum absolute atomic E-state index is 11.2. The number of carbonyl (C=O) groups is 2. The van der Waals surface area contributed by atoms with E-state index in [4.69, 9.17) is 9.84 Å². The van der Waals surface area contributed by atoms with Gasteiger partial charge in [-0.15, -0.1) is 5.10 Å². The van der Waals surface area contributed by atoms with Crippen molar-refractivity contribution < 1.29 is 19.4 Å². The highest BCUT2D eigenvalue weighted by molar-refractivity contribution is 5.97. The summed E-state index contributed by atoms with van der Waals surface area (Å²) in [5, 5.41) is 16.3. The third-order valence-corrected chi connectivity index (χ3v) is 2.30. The molecule has 0 aliphatic rings. The fourth-order valence-electron chi connectivity index (χ4n) is 1.52. The van der Waals surface area contributed by atoms with Crippen LogP contribution < -0.4 is 4.74 Å². The highest BCUT2D eigenvalue weighted by Crippen LogP contribution is 2.24. The van der Waals surface area contributed by atoms with Gasteiger partial charge in [-0.3, -0.25) is 4.79 Å². The van der Waals surface area contributed by atoms with Crippen LogP contribution in [0.4, 0.5) is 0 Å². The number of hydrogen-bond acceptors (Lipinski definition) is 5. The summed E-state index contributed by atoms with van der Waals surface area (Å²) in [6, 6.07) is 2.75. The lowest BCUT2D eigenvalue weighted by atomic mass is 10.1. The molecule has 0 aliphatic heterocycles. The molecule has 1 N–H and O–H groups in total. The van der Waals surface area contributed by atoms with Crippen LogP contribution in [0.3, 0.4) is 0 Å². The first-order valence-corrected chi connectivity index (χ1v) is 4.72. The van der Waals surface area contributed by atoms with Gasteiger partial charge in [0, 0.05) is 13.0 Å². The standard InChI is InChI=1S/C10H9N3O4/c1-5(14)13-8-4-9(17-2)6(10(15)16)3-7(8)11-12-13/h3-4H,1-2H3,(H,15,16). The average Bonchev–Trinajstić information content (AvgIpc) is 2.69. The minimum Gasteiger partial charge on any atom is -0.496 e. The molecule has 2 aromatic rings. The average molecular weight is 235 g/mol. The van der Waals surface area contributed by atoms with Crippen molar-refractivity contribution in [3.8, 4) is 5.75 Å². The first-order valence-electron chi connectivity index (χ1n) is 4.72. The van der Waals surface area contributed by atoms with E-state index in [-0.39, 0.29) is 17.2 Å². The molecule has 1 aromatic heterocycles. The van der Waals surface area contributed by atoms with Gasteiger partial charge in [0.1, 0.15) is 22.3 Å². The molecule has 0 radical (unpaired) electrons. The summed E-state index contributed by atoms with van der Waals surface area (Å²) in [4.78, 5) is 22.2. The van der Waals surface area contributed by atoms with Crippen LogP contribution in [0.25, 0.3) is 11.0 Å². The van der Waals surface area contributed by atoms with Crippen LogP contribution in [0.1, 0.15) is 22.1 Å². The van der Waals surface area contributed by atoms with E-state index in [1.165, 1.54) is 26.2 Å². The van der Waals surface area contributed by atoms with E-state index in [1.54, 1.807) is 0 Å². The van der Waals surface area contributed by atoms with Gasteiger partial charge in [-0.05, 0) is 6.07 Å². The van der Waals surface area contributed by atoms with Gasteiger partial charge >= 0.3 is 5.97 Å². The van der Waals surface area contributed by atoms with Gasteiger partial charge in [0.05, 0.1) is 7.11 Å². The number of aromatic nitrogens is 3. The van der Waals surface area contributed by atoms with E-state index < -0.39 is 5.97 Å². The quantitative estimate of drug-likeness (QED) is 0.827. The van der Waals surface area contributed by atoms with Crippen LogP contribution in [0, 0.1) is 0 Å². The second-order valence-corrected chi connectivity index (χ2v) is 3.37. The smallest absolute Gasteiger partial charge is 0.339 e. The Morgan fingerprint density at radius 2 is 2.12 bits per heavy atom. The summed E-state index contributed by atoms with van der Waals surface area (Å²) in [5.41, 5.74) is 0.730. The molecule has 0 amide bonds. The summed E-state index contributed by atoms with van der Waals surface area (Å²) in [7, 11) is 1.36. The van der Waals surface area contributed by atoms with Crippen LogP contribution in [0.15, 0.2) is 12.1 Å². The molecule has 0 spiro atoms. The normalized spacial score (nSPS) is 10.5. The predicted molar refractivity (Wildman–Crippen MR) is 57.3 cm³/mol. The number of benzene rings is 1. The number of methoxy groups -OCH3 is 1. The second kappa shape index (κ2) is 3.85. The fraction of sp³-hybridized carbons (Fsp3) is 0.200. The van der Waals surface area contributed by atoms with Crippen molar-refractivity contribution in [3.63, 3.8) is 0 Å². The lowest BCUT2D eigenvalue weighted by Crippen LogP contribution is -2.07. The second-order valence-electron chi connectivity index (χ2n) is 3.37. The minimum atomic E-state index is -1.12. The molecule has 17 heavy (non-hydrogen) atoms. The van der Waals surface area contributed by atoms with Crippen LogP contribution in [-0.2, 0) is 0 Å². The molecule has 0 fully saturated rings. The Kier molecular flexibility index (Phi) is 2.51. The highest BCUT2D eigenvalue weighted by Gasteiger charge is 2.16. The number of carbonyl (C=O) groups excluding carboxylic acids is 1. The molecular formula is C10H9N3O4. The summed E-state index contributed by atoms with van der Waals surface area (Å²) in [6.45, 7) is 1.34. The third kappa shape index (κ3) is 1.71. The van der Waals surface area contributed by atoms with Crippen molar-refractivity contribution >= 4 is 22.9 Å². The van der Waals surface area contributed by atoms with Crippen molar-refractivity contribution in [3.05, 3.63) is 17.7 Å². The first-order chi connectivity index (χ1) is 8.04. The van der Waals surface area contributed by atoms with E-state index >= 15 is 0 Å². The Balaban J connectivity index is 2.76. The molecular weight excluding hydrogens is 226 g/mol. The Morgan fingerprint density at radius 3 is 2.65 bits per heavy atom. The van der Waals surface area contributed by atoms with Gasteiger partial charge in [0.25, 0.3) is 0 Å². The Labute approximate surface area is 95.6 Å². The number of carboxylic acids is 1. The van der Waals surface area contributed by atoms with Gasteiger partial charge < -0.3 is 9.84 Å². The number of aromatic carboxylic acids is 1. The zero-order chi connectivity index (χ0) is 12.6. The van der Waals surface area contributed by atoms with E-state index in [0.29, 0.717) is 11.0 Å².